The first kappa shape index (κ1) is 13.9. The van der Waals surface area contributed by atoms with E-state index in [0.717, 1.165) is 0 Å². The molecule has 0 bridgehead atoms. The Bertz CT molecular complexity index is 354. The minimum absolute atomic E-state index is 0.0953. The van der Waals surface area contributed by atoms with Gasteiger partial charge in [0.25, 0.3) is 0 Å². The van der Waals surface area contributed by atoms with Crippen molar-refractivity contribution in [2.45, 2.75) is 25.2 Å². The molecule has 2 N–H and O–H groups in total. The van der Waals surface area contributed by atoms with Gasteiger partial charge in [-0.05, 0) is 24.1 Å². The molecule has 1 rings (SSSR count). The highest BCUT2D eigenvalue weighted by Crippen LogP contribution is 2.22. The standard InChI is InChI=1S/C11H13F4NO/c12-9-3-1-2-8(6-9)7-16-10(4-5-17)11(13,14)15/h1-3,6,10,16-17H,4-5,7H2. The van der Waals surface area contributed by atoms with E-state index in [2.05, 4.69) is 5.32 Å². The molecule has 17 heavy (non-hydrogen) atoms. The molecule has 1 atom stereocenters. The van der Waals surface area contributed by atoms with E-state index in [1.807, 2.05) is 0 Å². The summed E-state index contributed by atoms with van der Waals surface area (Å²) in [5.41, 5.74) is 0.428. The van der Waals surface area contributed by atoms with Crippen molar-refractivity contribution in [1.29, 1.82) is 0 Å². The topological polar surface area (TPSA) is 32.3 Å². The molecular weight excluding hydrogens is 238 g/mol. The summed E-state index contributed by atoms with van der Waals surface area (Å²) in [7, 11) is 0. The summed E-state index contributed by atoms with van der Waals surface area (Å²) in [4.78, 5) is 0. The Morgan fingerprint density at radius 1 is 1.29 bits per heavy atom. The number of aliphatic hydroxyl groups excluding tert-OH is 1. The molecule has 1 aromatic carbocycles. The summed E-state index contributed by atoms with van der Waals surface area (Å²) in [6.07, 6.45) is -4.84. The van der Waals surface area contributed by atoms with Gasteiger partial charge < -0.3 is 10.4 Å². The van der Waals surface area contributed by atoms with Crippen molar-refractivity contribution in [3.63, 3.8) is 0 Å². The fraction of sp³-hybridized carbons (Fsp3) is 0.455. The van der Waals surface area contributed by atoms with Gasteiger partial charge in [-0.25, -0.2) is 4.39 Å². The lowest BCUT2D eigenvalue weighted by Gasteiger charge is -2.20. The molecule has 96 valence electrons. The van der Waals surface area contributed by atoms with E-state index in [9.17, 15) is 17.6 Å². The van der Waals surface area contributed by atoms with Crippen LogP contribution < -0.4 is 5.32 Å². The smallest absolute Gasteiger partial charge is 0.396 e. The number of nitrogens with one attached hydrogen (secondary N) is 1. The maximum atomic E-state index is 12.8. The predicted molar refractivity (Wildman–Crippen MR) is 54.8 cm³/mol. The maximum absolute atomic E-state index is 12.8. The first-order chi connectivity index (χ1) is 7.93. The van der Waals surface area contributed by atoms with Gasteiger partial charge in [0, 0.05) is 13.2 Å². The summed E-state index contributed by atoms with van der Waals surface area (Å²) in [5.74, 6) is -0.491. The first-order valence-corrected chi connectivity index (χ1v) is 5.09. The Morgan fingerprint density at radius 3 is 2.53 bits per heavy atom. The van der Waals surface area contributed by atoms with Crippen molar-refractivity contribution < 1.29 is 22.7 Å². The van der Waals surface area contributed by atoms with Gasteiger partial charge in [0.05, 0.1) is 0 Å². The fourth-order valence-corrected chi connectivity index (χ4v) is 1.40. The van der Waals surface area contributed by atoms with Crippen LogP contribution in [0.25, 0.3) is 0 Å². The van der Waals surface area contributed by atoms with Crippen LogP contribution in [0.4, 0.5) is 17.6 Å². The van der Waals surface area contributed by atoms with Crippen molar-refractivity contribution in [3.05, 3.63) is 35.6 Å². The van der Waals surface area contributed by atoms with E-state index in [0.29, 0.717) is 5.56 Å². The Hall–Kier alpha value is -1.14. The van der Waals surface area contributed by atoms with Crippen LogP contribution in [-0.4, -0.2) is 23.9 Å². The Kier molecular flexibility index (Phi) is 4.89. The van der Waals surface area contributed by atoms with Crippen molar-refractivity contribution in [2.75, 3.05) is 6.61 Å². The van der Waals surface area contributed by atoms with Crippen LogP contribution in [0.2, 0.25) is 0 Å². The number of alkyl halides is 3. The summed E-state index contributed by atoms with van der Waals surface area (Å²) in [6.45, 7) is -0.651. The maximum Gasteiger partial charge on any atom is 0.403 e. The second-order valence-electron chi connectivity index (χ2n) is 3.62. The van der Waals surface area contributed by atoms with Gasteiger partial charge >= 0.3 is 6.18 Å². The van der Waals surface area contributed by atoms with Gasteiger partial charge in [0.1, 0.15) is 11.9 Å². The molecular formula is C11H13F4NO. The molecule has 0 aromatic heterocycles. The van der Waals surface area contributed by atoms with Crippen LogP contribution in [-0.2, 0) is 6.54 Å². The average Bonchev–Trinajstić information content (AvgIpc) is 2.22. The van der Waals surface area contributed by atoms with Crippen LogP contribution in [0.3, 0.4) is 0 Å². The molecule has 0 aliphatic heterocycles. The minimum atomic E-state index is -4.42. The Balaban J connectivity index is 2.58. The second kappa shape index (κ2) is 5.97. The number of benzene rings is 1. The van der Waals surface area contributed by atoms with Crippen molar-refractivity contribution >= 4 is 0 Å². The molecule has 1 unspecified atom stereocenters. The number of rotatable bonds is 5. The molecule has 6 heteroatoms. The first-order valence-electron chi connectivity index (χ1n) is 5.09. The van der Waals surface area contributed by atoms with Gasteiger partial charge in [-0.2, -0.15) is 13.2 Å². The van der Waals surface area contributed by atoms with Crippen molar-refractivity contribution in [1.82, 2.24) is 5.32 Å². The summed E-state index contributed by atoms with van der Waals surface area (Å²) >= 11 is 0. The second-order valence-corrected chi connectivity index (χ2v) is 3.62. The molecule has 0 radical (unpaired) electrons. The number of hydrogen-bond acceptors (Lipinski definition) is 2. The third kappa shape index (κ3) is 4.70. The Morgan fingerprint density at radius 2 is 2.00 bits per heavy atom. The third-order valence-electron chi connectivity index (χ3n) is 2.25. The van der Waals surface area contributed by atoms with E-state index in [1.54, 1.807) is 0 Å². The van der Waals surface area contributed by atoms with Crippen LogP contribution in [0.5, 0.6) is 0 Å². The van der Waals surface area contributed by atoms with Crippen molar-refractivity contribution in [3.8, 4) is 0 Å². The van der Waals surface area contributed by atoms with Crippen molar-refractivity contribution in [2.24, 2.45) is 0 Å². The molecule has 1 aromatic rings. The Labute approximate surface area is 96.3 Å². The fourth-order valence-electron chi connectivity index (χ4n) is 1.40. The monoisotopic (exact) mass is 251 g/mol. The average molecular weight is 251 g/mol. The minimum Gasteiger partial charge on any atom is -0.396 e. The number of halogens is 4. The van der Waals surface area contributed by atoms with Crippen LogP contribution >= 0.6 is 0 Å². The molecule has 0 aliphatic rings. The third-order valence-corrected chi connectivity index (χ3v) is 2.25. The lowest BCUT2D eigenvalue weighted by molar-refractivity contribution is -0.159. The SMILES string of the molecule is OCCC(NCc1cccc(F)c1)C(F)(F)F. The lowest BCUT2D eigenvalue weighted by Crippen LogP contribution is -2.42. The normalized spacial score (nSPS) is 13.7. The van der Waals surface area contributed by atoms with Gasteiger partial charge in [-0.1, -0.05) is 12.1 Å². The van der Waals surface area contributed by atoms with E-state index in [4.69, 9.17) is 5.11 Å². The van der Waals surface area contributed by atoms with Gasteiger partial charge in [0.2, 0.25) is 0 Å². The highest BCUT2D eigenvalue weighted by atomic mass is 19.4. The summed E-state index contributed by atoms with van der Waals surface area (Å²) < 4.78 is 50.1. The van der Waals surface area contributed by atoms with Crippen LogP contribution in [0, 0.1) is 5.82 Å². The van der Waals surface area contributed by atoms with Crippen LogP contribution in [0.1, 0.15) is 12.0 Å². The van der Waals surface area contributed by atoms with E-state index >= 15 is 0 Å². The summed E-state index contributed by atoms with van der Waals surface area (Å²) in [5, 5.41) is 10.8. The molecule has 0 heterocycles. The zero-order valence-corrected chi connectivity index (χ0v) is 8.97. The molecule has 0 saturated carbocycles. The quantitative estimate of drug-likeness (QED) is 0.786. The molecule has 2 nitrogen and oxygen atoms in total. The van der Waals surface area contributed by atoms with E-state index in [1.165, 1.54) is 24.3 Å². The van der Waals surface area contributed by atoms with Gasteiger partial charge in [-0.15, -0.1) is 0 Å². The van der Waals surface area contributed by atoms with Gasteiger partial charge in [0.15, 0.2) is 0 Å². The predicted octanol–water partition coefficient (Wildman–Crippen LogP) is 2.23. The highest BCUT2D eigenvalue weighted by Gasteiger charge is 2.38. The lowest BCUT2D eigenvalue weighted by atomic mass is 10.1. The molecule has 0 spiro atoms. The number of hydrogen-bond donors (Lipinski definition) is 2. The largest absolute Gasteiger partial charge is 0.403 e. The molecule has 0 fully saturated rings. The van der Waals surface area contributed by atoms with E-state index < -0.39 is 31.1 Å². The molecule has 0 saturated heterocycles. The number of aliphatic hydroxyl groups is 1. The van der Waals surface area contributed by atoms with Crippen LogP contribution in [0.15, 0.2) is 24.3 Å². The molecule has 0 amide bonds. The van der Waals surface area contributed by atoms with E-state index in [-0.39, 0.29) is 6.54 Å². The zero-order chi connectivity index (χ0) is 12.9. The van der Waals surface area contributed by atoms with Gasteiger partial charge in [-0.3, -0.25) is 0 Å². The molecule has 0 aliphatic carbocycles. The summed E-state index contributed by atoms with van der Waals surface area (Å²) in [6, 6.07) is 3.57. The zero-order valence-electron chi connectivity index (χ0n) is 8.97. The highest BCUT2D eigenvalue weighted by molar-refractivity contribution is 5.16.